The van der Waals surface area contributed by atoms with Gasteiger partial charge in [0.15, 0.2) is 5.03 Å². The van der Waals surface area contributed by atoms with Crippen molar-refractivity contribution < 1.29 is 13.2 Å². The molecule has 1 aliphatic carbocycles. The number of aromatic nitrogens is 2. The van der Waals surface area contributed by atoms with Gasteiger partial charge >= 0.3 is 0 Å². The zero-order valence-electron chi connectivity index (χ0n) is 22.4. The van der Waals surface area contributed by atoms with E-state index >= 15 is 0 Å². The zero-order valence-corrected chi connectivity index (χ0v) is 23.2. The molecule has 8 nitrogen and oxygen atoms in total. The highest BCUT2D eigenvalue weighted by Gasteiger charge is 2.40. The van der Waals surface area contributed by atoms with Crippen LogP contribution in [-0.4, -0.2) is 60.8 Å². The van der Waals surface area contributed by atoms with E-state index in [0.29, 0.717) is 23.5 Å². The largest absolute Gasteiger partial charge is 0.356 e. The van der Waals surface area contributed by atoms with Crippen LogP contribution in [0, 0.1) is 17.8 Å². The van der Waals surface area contributed by atoms with Crippen LogP contribution < -0.4 is 9.80 Å². The molecule has 0 N–H and O–H groups in total. The summed E-state index contributed by atoms with van der Waals surface area (Å²) in [5, 5.41) is -0.104. The van der Waals surface area contributed by atoms with Gasteiger partial charge in [-0.05, 0) is 75.1 Å². The number of hydrogen-bond donors (Lipinski definition) is 0. The summed E-state index contributed by atoms with van der Waals surface area (Å²) in [7, 11) is -2.84. The van der Waals surface area contributed by atoms with Gasteiger partial charge in [0.2, 0.25) is 0 Å². The van der Waals surface area contributed by atoms with Crippen molar-refractivity contribution in [3.63, 3.8) is 0 Å². The SMILES string of the molecule is CC1CN(c2ncccc2C(=O)N(C)S(=O)(=O)c2cccc(N3CCC4CCCCC4C3)n2)C(C)(C)C1. The quantitative estimate of drug-likeness (QED) is 0.565. The molecule has 5 rings (SSSR count). The Morgan fingerprint density at radius 3 is 2.54 bits per heavy atom. The Kier molecular flexibility index (Phi) is 6.94. The molecular weight excluding hydrogens is 486 g/mol. The number of amides is 1. The van der Waals surface area contributed by atoms with Crippen LogP contribution in [0.1, 0.15) is 69.7 Å². The lowest BCUT2D eigenvalue weighted by Gasteiger charge is -2.41. The molecule has 3 fully saturated rings. The summed E-state index contributed by atoms with van der Waals surface area (Å²) < 4.78 is 28.0. The van der Waals surface area contributed by atoms with E-state index in [9.17, 15) is 13.2 Å². The van der Waals surface area contributed by atoms with Crippen LogP contribution in [0.4, 0.5) is 11.6 Å². The van der Waals surface area contributed by atoms with Gasteiger partial charge in [0, 0.05) is 38.4 Å². The van der Waals surface area contributed by atoms with Gasteiger partial charge in [0.05, 0.1) is 5.56 Å². The maximum absolute atomic E-state index is 13.6. The fourth-order valence-electron chi connectivity index (χ4n) is 6.69. The summed E-state index contributed by atoms with van der Waals surface area (Å²) in [5.74, 6) is 2.47. The number of pyridine rings is 2. The molecule has 1 saturated carbocycles. The van der Waals surface area contributed by atoms with Gasteiger partial charge in [-0.25, -0.2) is 14.3 Å². The maximum atomic E-state index is 13.6. The Bertz CT molecular complexity index is 1260. The van der Waals surface area contributed by atoms with Gasteiger partial charge in [0.25, 0.3) is 15.9 Å². The van der Waals surface area contributed by atoms with E-state index in [0.717, 1.165) is 42.7 Å². The van der Waals surface area contributed by atoms with Gasteiger partial charge in [-0.15, -0.1) is 0 Å². The number of rotatable bonds is 5. The van der Waals surface area contributed by atoms with E-state index in [4.69, 9.17) is 0 Å². The third-order valence-electron chi connectivity index (χ3n) is 8.58. The van der Waals surface area contributed by atoms with Crippen molar-refractivity contribution in [2.24, 2.45) is 17.8 Å². The molecule has 9 heteroatoms. The lowest BCUT2D eigenvalue weighted by atomic mass is 9.75. The van der Waals surface area contributed by atoms with Crippen molar-refractivity contribution >= 4 is 27.6 Å². The summed E-state index contributed by atoms with van der Waals surface area (Å²) in [5.41, 5.74) is 0.105. The third kappa shape index (κ3) is 4.94. The molecule has 2 aromatic heterocycles. The predicted octanol–water partition coefficient (Wildman–Crippen LogP) is 4.58. The summed E-state index contributed by atoms with van der Waals surface area (Å²) in [6.45, 7) is 9.01. The van der Waals surface area contributed by atoms with Crippen LogP contribution in [0.3, 0.4) is 0 Å². The fraction of sp³-hybridized carbons (Fsp3) is 0.607. The first kappa shape index (κ1) is 25.9. The van der Waals surface area contributed by atoms with Crippen LogP contribution in [0.5, 0.6) is 0 Å². The minimum atomic E-state index is -4.15. The number of anilines is 2. The highest BCUT2D eigenvalue weighted by molar-refractivity contribution is 7.89. The number of piperidine rings is 1. The van der Waals surface area contributed by atoms with Crippen molar-refractivity contribution in [1.29, 1.82) is 0 Å². The van der Waals surface area contributed by atoms with E-state index in [1.807, 2.05) is 6.07 Å². The number of carbonyl (C=O) groups is 1. The van der Waals surface area contributed by atoms with Crippen LogP contribution in [-0.2, 0) is 10.0 Å². The Morgan fingerprint density at radius 2 is 1.81 bits per heavy atom. The molecule has 2 aromatic rings. The molecule has 2 saturated heterocycles. The molecule has 0 aromatic carbocycles. The second-order valence-corrected chi connectivity index (χ2v) is 13.7. The van der Waals surface area contributed by atoms with Crippen molar-refractivity contribution in [1.82, 2.24) is 14.3 Å². The van der Waals surface area contributed by atoms with Crippen LogP contribution in [0.2, 0.25) is 0 Å². The van der Waals surface area contributed by atoms with Gasteiger partial charge in [0.1, 0.15) is 11.6 Å². The van der Waals surface area contributed by atoms with E-state index in [1.54, 1.807) is 24.4 Å². The predicted molar refractivity (Wildman–Crippen MR) is 145 cm³/mol. The third-order valence-corrected chi connectivity index (χ3v) is 10.2. The Labute approximate surface area is 221 Å². The van der Waals surface area contributed by atoms with Gasteiger partial charge in [-0.2, -0.15) is 8.42 Å². The molecule has 0 radical (unpaired) electrons. The molecule has 200 valence electrons. The number of carbonyl (C=O) groups excluding carboxylic acids is 1. The number of sulfonamides is 1. The molecular formula is C28H39N5O3S. The van der Waals surface area contributed by atoms with E-state index in [2.05, 4.69) is 40.5 Å². The standard InChI is InChI=1S/C28H39N5O3S/c1-20-17-28(2,3)33(18-20)26-23(11-8-15-29-26)27(34)31(4)37(35,36)25-13-7-12-24(30-25)32-16-14-21-9-5-6-10-22(21)19-32/h7-8,11-13,15,20-22H,5-6,9-10,14,16-19H2,1-4H3. The highest BCUT2D eigenvalue weighted by Crippen LogP contribution is 2.39. The summed E-state index contributed by atoms with van der Waals surface area (Å²) in [4.78, 5) is 27.0. The van der Waals surface area contributed by atoms with Crippen molar-refractivity contribution in [2.45, 2.75) is 69.9 Å². The highest BCUT2D eigenvalue weighted by atomic mass is 32.2. The number of nitrogens with zero attached hydrogens (tertiary/aromatic N) is 5. The Balaban J connectivity index is 1.39. The molecule has 0 spiro atoms. The summed E-state index contributed by atoms with van der Waals surface area (Å²) >= 11 is 0. The van der Waals surface area contributed by atoms with Crippen molar-refractivity contribution in [3.8, 4) is 0 Å². The van der Waals surface area contributed by atoms with Gasteiger partial charge in [-0.1, -0.05) is 32.3 Å². The van der Waals surface area contributed by atoms with E-state index in [-0.39, 0.29) is 16.1 Å². The van der Waals surface area contributed by atoms with E-state index < -0.39 is 15.9 Å². The molecule has 3 aliphatic rings. The first-order chi connectivity index (χ1) is 17.6. The second kappa shape index (κ2) is 9.89. The zero-order chi connectivity index (χ0) is 26.4. The van der Waals surface area contributed by atoms with Crippen LogP contribution in [0.25, 0.3) is 0 Å². The normalized spacial score (nSPS) is 25.6. The van der Waals surface area contributed by atoms with Gasteiger partial charge in [-0.3, -0.25) is 4.79 Å². The summed E-state index contributed by atoms with van der Waals surface area (Å²) in [6, 6.07) is 8.42. The van der Waals surface area contributed by atoms with Crippen LogP contribution in [0.15, 0.2) is 41.6 Å². The molecule has 4 heterocycles. The monoisotopic (exact) mass is 525 g/mol. The lowest BCUT2D eigenvalue weighted by molar-refractivity contribution is 0.0883. The lowest BCUT2D eigenvalue weighted by Crippen LogP contribution is -2.42. The fourth-order valence-corrected chi connectivity index (χ4v) is 7.75. The van der Waals surface area contributed by atoms with Gasteiger partial charge < -0.3 is 9.80 Å². The van der Waals surface area contributed by atoms with E-state index in [1.165, 1.54) is 38.8 Å². The molecule has 2 aliphatic heterocycles. The Morgan fingerprint density at radius 1 is 1.05 bits per heavy atom. The molecule has 37 heavy (non-hydrogen) atoms. The smallest absolute Gasteiger partial charge is 0.284 e. The first-order valence-electron chi connectivity index (χ1n) is 13.6. The summed E-state index contributed by atoms with van der Waals surface area (Å²) in [6.07, 6.45) is 8.87. The minimum absolute atomic E-state index is 0.104. The van der Waals surface area contributed by atoms with Crippen molar-refractivity contribution in [2.75, 3.05) is 36.5 Å². The minimum Gasteiger partial charge on any atom is -0.356 e. The average molecular weight is 526 g/mol. The maximum Gasteiger partial charge on any atom is 0.284 e. The first-order valence-corrected chi connectivity index (χ1v) is 15.0. The number of hydrogen-bond acceptors (Lipinski definition) is 7. The second-order valence-electron chi connectivity index (χ2n) is 11.8. The topological polar surface area (TPSA) is 86.7 Å². The molecule has 3 atom stereocenters. The number of fused-ring (bicyclic) bond motifs is 1. The molecule has 0 bridgehead atoms. The van der Waals surface area contributed by atoms with Crippen molar-refractivity contribution in [3.05, 3.63) is 42.1 Å². The molecule has 3 unspecified atom stereocenters. The molecule has 1 amide bonds. The van der Waals surface area contributed by atoms with Crippen LogP contribution >= 0.6 is 0 Å². The Hall–Kier alpha value is -2.68. The average Bonchev–Trinajstić information content (AvgIpc) is 3.18.